The number of rotatable bonds is 3. The molecule has 0 fully saturated rings. The van der Waals surface area contributed by atoms with E-state index in [1.807, 2.05) is 0 Å². The van der Waals surface area contributed by atoms with Crippen LogP contribution in [0.15, 0.2) is 109 Å². The van der Waals surface area contributed by atoms with Crippen molar-refractivity contribution >= 4 is 17.7 Å². The summed E-state index contributed by atoms with van der Waals surface area (Å²) in [5, 5.41) is 2.72. The standard InChI is InChI=1S/C45H44/c1-28-19-20-32-24-29(2)40(36(32)23-28)42-38-26-33-25-34(44(3,4)5)21-22-35(33)37(38)27-39(43(42)45(6,7)8)41(30-15-11-9-12-16-30)31-17-13-10-14-18-31/h9-27,40H,1-8H3. The Balaban J connectivity index is 1.71. The molecule has 1 unspecified atom stereocenters. The Morgan fingerprint density at radius 1 is 0.578 bits per heavy atom. The third kappa shape index (κ3) is 5.01. The molecule has 5 aromatic carbocycles. The minimum absolute atomic E-state index is 0.0883. The zero-order chi connectivity index (χ0) is 31.7. The van der Waals surface area contributed by atoms with Gasteiger partial charge in [-0.1, -0.05) is 156 Å². The van der Waals surface area contributed by atoms with Gasteiger partial charge in [-0.25, -0.2) is 0 Å². The fourth-order valence-corrected chi connectivity index (χ4v) is 7.67. The van der Waals surface area contributed by atoms with Crippen LogP contribution in [0.25, 0.3) is 28.9 Å². The van der Waals surface area contributed by atoms with Gasteiger partial charge < -0.3 is 0 Å². The Hall–Kier alpha value is -4.42. The first-order valence-corrected chi connectivity index (χ1v) is 16.4. The number of aryl methyl sites for hydroxylation is 1. The molecule has 0 aliphatic heterocycles. The SMILES string of the molecule is CC1=Cc2ccc(C)cc2C1c1c(C(C)(C)C)c(=C(c2ccccc2)c2ccccc2)cc2c1=Cc1cc(C(C)(C)C)ccc1-2. The van der Waals surface area contributed by atoms with E-state index >= 15 is 0 Å². The van der Waals surface area contributed by atoms with Crippen molar-refractivity contribution in [2.75, 3.05) is 0 Å². The topological polar surface area (TPSA) is 0 Å². The molecular formula is C45H44. The van der Waals surface area contributed by atoms with E-state index in [9.17, 15) is 0 Å². The molecule has 7 rings (SSSR count). The third-order valence-electron chi connectivity index (χ3n) is 9.74. The lowest BCUT2D eigenvalue weighted by molar-refractivity contribution is 0.575. The van der Waals surface area contributed by atoms with Crippen LogP contribution in [-0.2, 0) is 10.8 Å². The van der Waals surface area contributed by atoms with Crippen LogP contribution in [0.4, 0.5) is 0 Å². The first-order chi connectivity index (χ1) is 21.4. The maximum Gasteiger partial charge on any atom is 0.0314 e. The molecule has 0 nitrogen and oxygen atoms in total. The van der Waals surface area contributed by atoms with Gasteiger partial charge in [0.2, 0.25) is 0 Å². The smallest absolute Gasteiger partial charge is 0.0314 e. The molecule has 0 amide bonds. The van der Waals surface area contributed by atoms with Crippen LogP contribution in [-0.4, -0.2) is 0 Å². The Kier molecular flexibility index (Phi) is 6.90. The molecule has 0 heterocycles. The highest BCUT2D eigenvalue weighted by molar-refractivity contribution is 5.88. The zero-order valence-corrected chi connectivity index (χ0v) is 28.0. The van der Waals surface area contributed by atoms with Gasteiger partial charge in [-0.2, -0.15) is 0 Å². The Labute approximate surface area is 269 Å². The van der Waals surface area contributed by atoms with Gasteiger partial charge in [0.1, 0.15) is 0 Å². The number of allylic oxidation sites excluding steroid dienone is 1. The molecule has 224 valence electrons. The van der Waals surface area contributed by atoms with Crippen LogP contribution >= 0.6 is 0 Å². The summed E-state index contributed by atoms with van der Waals surface area (Å²) in [7, 11) is 0. The summed E-state index contributed by atoms with van der Waals surface area (Å²) in [4.78, 5) is 0. The Bertz CT molecular complexity index is 2070. The first-order valence-electron chi connectivity index (χ1n) is 16.4. The molecule has 2 aliphatic carbocycles. The monoisotopic (exact) mass is 584 g/mol. The van der Waals surface area contributed by atoms with E-state index in [0.717, 1.165) is 0 Å². The molecule has 0 N–H and O–H groups in total. The lowest BCUT2D eigenvalue weighted by atomic mass is 9.73. The normalized spacial score (nSPS) is 15.2. The van der Waals surface area contributed by atoms with Gasteiger partial charge in [0.25, 0.3) is 0 Å². The van der Waals surface area contributed by atoms with Gasteiger partial charge in [0.05, 0.1) is 0 Å². The number of hydrogen-bond acceptors (Lipinski definition) is 0. The maximum atomic E-state index is 2.53. The molecular weight excluding hydrogens is 540 g/mol. The minimum Gasteiger partial charge on any atom is -0.0622 e. The molecule has 0 heteroatoms. The van der Waals surface area contributed by atoms with Crippen molar-refractivity contribution in [3.8, 4) is 11.1 Å². The van der Waals surface area contributed by atoms with E-state index in [2.05, 4.69) is 171 Å². The highest BCUT2D eigenvalue weighted by Gasteiger charge is 2.34. The minimum atomic E-state index is -0.111. The van der Waals surface area contributed by atoms with Crippen molar-refractivity contribution in [3.63, 3.8) is 0 Å². The van der Waals surface area contributed by atoms with Crippen LogP contribution in [0, 0.1) is 6.92 Å². The Morgan fingerprint density at radius 3 is 1.82 bits per heavy atom. The molecule has 0 aromatic heterocycles. The molecule has 0 saturated carbocycles. The van der Waals surface area contributed by atoms with Crippen LogP contribution in [0.3, 0.4) is 0 Å². The highest BCUT2D eigenvalue weighted by Crippen LogP contribution is 2.45. The number of fused-ring (bicyclic) bond motifs is 4. The summed E-state index contributed by atoms with van der Waals surface area (Å²) in [5.41, 5.74) is 17.6. The largest absolute Gasteiger partial charge is 0.0622 e. The Morgan fingerprint density at radius 2 is 1.22 bits per heavy atom. The van der Waals surface area contributed by atoms with E-state index in [-0.39, 0.29) is 16.7 Å². The van der Waals surface area contributed by atoms with Crippen molar-refractivity contribution in [2.45, 2.75) is 72.1 Å². The lowest BCUT2D eigenvalue weighted by Gasteiger charge is -2.30. The second kappa shape index (κ2) is 10.6. The third-order valence-corrected chi connectivity index (χ3v) is 9.74. The molecule has 5 aromatic rings. The summed E-state index contributed by atoms with van der Waals surface area (Å²) in [6, 6.07) is 38.7. The molecule has 0 radical (unpaired) electrons. The number of hydrogen-bond donors (Lipinski definition) is 0. The average Bonchev–Trinajstić information content (AvgIpc) is 3.52. The van der Waals surface area contributed by atoms with Crippen molar-refractivity contribution in [2.24, 2.45) is 0 Å². The molecule has 1 atom stereocenters. The molecule has 0 spiro atoms. The van der Waals surface area contributed by atoms with E-state index in [0.29, 0.717) is 0 Å². The quantitative estimate of drug-likeness (QED) is 0.194. The van der Waals surface area contributed by atoms with E-state index in [1.54, 1.807) is 0 Å². The van der Waals surface area contributed by atoms with E-state index in [4.69, 9.17) is 0 Å². The van der Waals surface area contributed by atoms with Crippen molar-refractivity contribution < 1.29 is 0 Å². The van der Waals surface area contributed by atoms with Crippen LogP contribution in [0.2, 0.25) is 0 Å². The predicted octanol–water partition coefficient (Wildman–Crippen LogP) is 10.2. The molecule has 0 bridgehead atoms. The molecule has 45 heavy (non-hydrogen) atoms. The lowest BCUT2D eigenvalue weighted by Crippen LogP contribution is -2.34. The summed E-state index contributed by atoms with van der Waals surface area (Å²) in [5.74, 6) is 0.197. The van der Waals surface area contributed by atoms with Gasteiger partial charge in [-0.15, -0.1) is 0 Å². The van der Waals surface area contributed by atoms with Crippen LogP contribution in [0.5, 0.6) is 0 Å². The van der Waals surface area contributed by atoms with Gasteiger partial charge in [0.15, 0.2) is 0 Å². The first kappa shape index (κ1) is 29.3. The summed E-state index contributed by atoms with van der Waals surface area (Å²) < 4.78 is 0. The fourth-order valence-electron chi connectivity index (χ4n) is 7.67. The van der Waals surface area contributed by atoms with Crippen LogP contribution < -0.4 is 10.4 Å². The average molecular weight is 585 g/mol. The summed E-state index contributed by atoms with van der Waals surface area (Å²) in [6.45, 7) is 18.7. The molecule has 2 aliphatic rings. The van der Waals surface area contributed by atoms with Crippen LogP contribution in [0.1, 0.15) is 104 Å². The predicted molar refractivity (Wildman–Crippen MR) is 193 cm³/mol. The summed E-state index contributed by atoms with van der Waals surface area (Å²) >= 11 is 0. The summed E-state index contributed by atoms with van der Waals surface area (Å²) in [6.07, 6.45) is 4.92. The van der Waals surface area contributed by atoms with E-state index in [1.165, 1.54) is 82.8 Å². The second-order valence-electron chi connectivity index (χ2n) is 15.2. The van der Waals surface area contributed by atoms with Crippen molar-refractivity contribution in [3.05, 3.63) is 169 Å². The van der Waals surface area contributed by atoms with Crippen molar-refractivity contribution in [1.29, 1.82) is 0 Å². The fraction of sp³-hybridized carbons (Fsp3) is 0.244. The van der Waals surface area contributed by atoms with E-state index < -0.39 is 0 Å². The maximum absolute atomic E-state index is 2.53. The van der Waals surface area contributed by atoms with Gasteiger partial charge in [-0.3, -0.25) is 0 Å². The van der Waals surface area contributed by atoms with Gasteiger partial charge in [-0.05, 0) is 108 Å². The second-order valence-corrected chi connectivity index (χ2v) is 15.2. The number of benzene rings is 5. The van der Waals surface area contributed by atoms with Gasteiger partial charge in [0, 0.05) is 5.92 Å². The van der Waals surface area contributed by atoms with Gasteiger partial charge >= 0.3 is 0 Å². The highest BCUT2D eigenvalue weighted by atomic mass is 14.4. The zero-order valence-electron chi connectivity index (χ0n) is 28.0. The van der Waals surface area contributed by atoms with Crippen molar-refractivity contribution in [1.82, 2.24) is 0 Å². The molecule has 0 saturated heterocycles.